The molecule has 0 aliphatic carbocycles. The van der Waals surface area contributed by atoms with Gasteiger partial charge in [0.2, 0.25) is 0 Å². The van der Waals surface area contributed by atoms with Gasteiger partial charge in [-0.05, 0) is 12.1 Å². The molecule has 1 amide bonds. The first-order valence-electron chi connectivity index (χ1n) is 3.24. The standard InChI is InChI=1S/C7H10N2O2/c1-11-6-7(10)8-9-4-2-3-5-9/h2-5H,6H2,1H3,(H,8,10). The molecule has 0 aromatic carbocycles. The Hall–Kier alpha value is -1.29. The van der Waals surface area contributed by atoms with E-state index < -0.39 is 0 Å². The van der Waals surface area contributed by atoms with Gasteiger partial charge in [-0.1, -0.05) is 0 Å². The molecule has 0 saturated carbocycles. The number of carbonyl (C=O) groups excluding carboxylic acids is 1. The Kier molecular flexibility index (Phi) is 2.68. The van der Waals surface area contributed by atoms with E-state index in [1.54, 1.807) is 17.1 Å². The summed E-state index contributed by atoms with van der Waals surface area (Å²) in [4.78, 5) is 10.9. The summed E-state index contributed by atoms with van der Waals surface area (Å²) in [5, 5.41) is 0. The number of methoxy groups -OCH3 is 1. The highest BCUT2D eigenvalue weighted by atomic mass is 16.5. The molecule has 4 nitrogen and oxygen atoms in total. The lowest BCUT2D eigenvalue weighted by Gasteiger charge is -2.03. The SMILES string of the molecule is COCC(=O)Nn1cccc1. The predicted molar refractivity (Wildman–Crippen MR) is 40.7 cm³/mol. The van der Waals surface area contributed by atoms with Gasteiger partial charge in [-0.3, -0.25) is 14.9 Å². The zero-order valence-corrected chi connectivity index (χ0v) is 6.28. The normalized spacial score (nSPS) is 9.55. The number of hydrogen-bond donors (Lipinski definition) is 1. The third-order valence-corrected chi connectivity index (χ3v) is 1.13. The van der Waals surface area contributed by atoms with E-state index in [0.717, 1.165) is 0 Å². The Labute approximate surface area is 64.7 Å². The Morgan fingerprint density at radius 1 is 1.55 bits per heavy atom. The largest absolute Gasteiger partial charge is 0.375 e. The highest BCUT2D eigenvalue weighted by Crippen LogP contribution is 1.84. The van der Waals surface area contributed by atoms with Crippen LogP contribution in [0.1, 0.15) is 0 Å². The second kappa shape index (κ2) is 3.78. The summed E-state index contributed by atoms with van der Waals surface area (Å²) in [6, 6.07) is 3.65. The molecule has 0 fully saturated rings. The molecule has 1 N–H and O–H groups in total. The maximum absolute atomic E-state index is 10.9. The van der Waals surface area contributed by atoms with Crippen LogP contribution in [-0.2, 0) is 9.53 Å². The number of amides is 1. The summed E-state index contributed by atoms with van der Waals surface area (Å²) in [5.74, 6) is -0.163. The Balaban J connectivity index is 2.37. The van der Waals surface area contributed by atoms with E-state index in [9.17, 15) is 4.79 Å². The third-order valence-electron chi connectivity index (χ3n) is 1.13. The topological polar surface area (TPSA) is 43.3 Å². The van der Waals surface area contributed by atoms with Crippen LogP contribution in [0.15, 0.2) is 24.5 Å². The van der Waals surface area contributed by atoms with Gasteiger partial charge in [-0.2, -0.15) is 0 Å². The molecule has 0 saturated heterocycles. The van der Waals surface area contributed by atoms with Crippen molar-refractivity contribution in [1.29, 1.82) is 0 Å². The van der Waals surface area contributed by atoms with Gasteiger partial charge in [0, 0.05) is 19.5 Å². The molecular formula is C7H10N2O2. The number of nitrogens with one attached hydrogen (secondary N) is 1. The molecule has 0 bridgehead atoms. The van der Waals surface area contributed by atoms with Gasteiger partial charge >= 0.3 is 0 Å². The lowest BCUT2D eigenvalue weighted by atomic mass is 10.7. The van der Waals surface area contributed by atoms with Crippen molar-refractivity contribution in [1.82, 2.24) is 4.68 Å². The summed E-state index contributed by atoms with van der Waals surface area (Å²) < 4.78 is 6.20. The summed E-state index contributed by atoms with van der Waals surface area (Å²) in [5.41, 5.74) is 2.58. The van der Waals surface area contributed by atoms with E-state index in [-0.39, 0.29) is 12.5 Å². The van der Waals surface area contributed by atoms with Gasteiger partial charge < -0.3 is 4.74 Å². The van der Waals surface area contributed by atoms with Gasteiger partial charge in [0.15, 0.2) is 0 Å². The Bertz CT molecular complexity index is 218. The van der Waals surface area contributed by atoms with Crippen LogP contribution < -0.4 is 5.43 Å². The molecule has 0 aliphatic rings. The van der Waals surface area contributed by atoms with Crippen molar-refractivity contribution in [2.24, 2.45) is 0 Å². The summed E-state index contributed by atoms with van der Waals surface area (Å²) in [6.07, 6.45) is 3.49. The van der Waals surface area contributed by atoms with E-state index in [1.807, 2.05) is 12.1 Å². The predicted octanol–water partition coefficient (Wildman–Crippen LogP) is 0.205. The molecule has 1 rings (SSSR count). The fraction of sp³-hybridized carbons (Fsp3) is 0.286. The monoisotopic (exact) mass is 154 g/mol. The van der Waals surface area contributed by atoms with Crippen LogP contribution in [-0.4, -0.2) is 24.3 Å². The van der Waals surface area contributed by atoms with E-state index in [2.05, 4.69) is 10.2 Å². The maximum Gasteiger partial charge on any atom is 0.264 e. The average Bonchev–Trinajstić information content (AvgIpc) is 2.40. The highest BCUT2D eigenvalue weighted by molar-refractivity contribution is 5.84. The summed E-state index contributed by atoms with van der Waals surface area (Å²) in [7, 11) is 1.48. The first kappa shape index (κ1) is 7.81. The van der Waals surface area contributed by atoms with Crippen molar-refractivity contribution in [3.63, 3.8) is 0 Å². The average molecular weight is 154 g/mol. The molecule has 11 heavy (non-hydrogen) atoms. The summed E-state index contributed by atoms with van der Waals surface area (Å²) >= 11 is 0. The quantitative estimate of drug-likeness (QED) is 0.676. The van der Waals surface area contributed by atoms with Crippen LogP contribution >= 0.6 is 0 Å². The minimum absolute atomic E-state index is 0.0815. The van der Waals surface area contributed by atoms with Crippen molar-refractivity contribution in [3.8, 4) is 0 Å². The number of aromatic nitrogens is 1. The number of nitrogens with zero attached hydrogens (tertiary/aromatic N) is 1. The van der Waals surface area contributed by atoms with Crippen LogP contribution in [0, 0.1) is 0 Å². The van der Waals surface area contributed by atoms with Crippen LogP contribution in [0.5, 0.6) is 0 Å². The van der Waals surface area contributed by atoms with Crippen molar-refractivity contribution in [2.75, 3.05) is 19.1 Å². The fourth-order valence-corrected chi connectivity index (χ4v) is 0.716. The second-order valence-corrected chi connectivity index (χ2v) is 2.06. The van der Waals surface area contributed by atoms with Gasteiger partial charge in [0.05, 0.1) is 0 Å². The van der Waals surface area contributed by atoms with E-state index in [1.165, 1.54) is 7.11 Å². The molecule has 4 heteroatoms. The molecule has 60 valence electrons. The molecule has 0 aliphatic heterocycles. The van der Waals surface area contributed by atoms with E-state index in [4.69, 9.17) is 0 Å². The number of ether oxygens (including phenoxy) is 1. The highest BCUT2D eigenvalue weighted by Gasteiger charge is 1.97. The van der Waals surface area contributed by atoms with Crippen molar-refractivity contribution in [3.05, 3.63) is 24.5 Å². The lowest BCUT2D eigenvalue weighted by Crippen LogP contribution is -2.24. The zero-order chi connectivity index (χ0) is 8.10. The maximum atomic E-state index is 10.9. The van der Waals surface area contributed by atoms with Crippen LogP contribution in [0.3, 0.4) is 0 Å². The minimum atomic E-state index is -0.163. The third kappa shape index (κ3) is 2.43. The fourth-order valence-electron chi connectivity index (χ4n) is 0.716. The van der Waals surface area contributed by atoms with Gasteiger partial charge in [-0.25, -0.2) is 0 Å². The van der Waals surface area contributed by atoms with Crippen LogP contribution in [0.25, 0.3) is 0 Å². The van der Waals surface area contributed by atoms with Gasteiger partial charge in [0.25, 0.3) is 5.91 Å². The van der Waals surface area contributed by atoms with Crippen LogP contribution in [0.4, 0.5) is 0 Å². The number of hydrogen-bond acceptors (Lipinski definition) is 2. The number of carbonyl (C=O) groups is 1. The van der Waals surface area contributed by atoms with Crippen molar-refractivity contribution in [2.45, 2.75) is 0 Å². The molecule has 0 unspecified atom stereocenters. The Morgan fingerprint density at radius 3 is 2.73 bits per heavy atom. The Morgan fingerprint density at radius 2 is 2.18 bits per heavy atom. The van der Waals surface area contributed by atoms with Crippen LogP contribution in [0.2, 0.25) is 0 Å². The molecule has 0 atom stereocenters. The second-order valence-electron chi connectivity index (χ2n) is 2.06. The molecule has 0 spiro atoms. The molecule has 1 aromatic rings. The first-order chi connectivity index (χ1) is 5.33. The zero-order valence-electron chi connectivity index (χ0n) is 6.28. The van der Waals surface area contributed by atoms with Crippen molar-refractivity contribution >= 4 is 5.91 Å². The molecule has 0 radical (unpaired) electrons. The van der Waals surface area contributed by atoms with E-state index >= 15 is 0 Å². The first-order valence-corrected chi connectivity index (χ1v) is 3.24. The minimum Gasteiger partial charge on any atom is -0.375 e. The van der Waals surface area contributed by atoms with Gasteiger partial charge in [0.1, 0.15) is 6.61 Å². The molecule has 1 heterocycles. The van der Waals surface area contributed by atoms with E-state index in [0.29, 0.717) is 0 Å². The molecular weight excluding hydrogens is 144 g/mol. The van der Waals surface area contributed by atoms with Gasteiger partial charge in [-0.15, -0.1) is 0 Å². The smallest absolute Gasteiger partial charge is 0.264 e. The number of rotatable bonds is 3. The lowest BCUT2D eigenvalue weighted by molar-refractivity contribution is -0.120. The van der Waals surface area contributed by atoms with Crippen molar-refractivity contribution < 1.29 is 9.53 Å². The molecule has 1 aromatic heterocycles. The summed E-state index contributed by atoms with van der Waals surface area (Å²) in [6.45, 7) is 0.0815.